The number of carbonyl (C=O) groups excluding carboxylic acids is 2. The predicted molar refractivity (Wildman–Crippen MR) is 166 cm³/mol. The van der Waals surface area contributed by atoms with Crippen molar-refractivity contribution in [2.75, 3.05) is 13.2 Å². The average Bonchev–Trinajstić information content (AvgIpc) is 3.39. The monoisotopic (exact) mass is 566 g/mol. The zero-order valence-electron chi connectivity index (χ0n) is 26.2. The number of nitrogens with zero attached hydrogens (tertiary/aromatic N) is 4. The second kappa shape index (κ2) is 11.7. The number of aromatic nitrogens is 3. The molecule has 1 aliphatic heterocycles. The number of amides is 1. The van der Waals surface area contributed by atoms with E-state index in [1.165, 1.54) is 11.1 Å². The SMILES string of the molecule is CCOC(=O)CC(c1cc(C)c2c(c1)CN(C(=O)c1c(C)c(C)cc(C)c1C)CC2)c1ccc2c(nnn2CC)c1C. The lowest BCUT2D eigenvalue weighted by Crippen LogP contribution is -2.37. The Morgan fingerprint density at radius 3 is 2.31 bits per heavy atom. The molecule has 220 valence electrons. The number of benzene rings is 3. The third-order valence-electron chi connectivity index (χ3n) is 9.18. The highest BCUT2D eigenvalue weighted by Crippen LogP contribution is 2.37. The summed E-state index contributed by atoms with van der Waals surface area (Å²) < 4.78 is 7.31. The smallest absolute Gasteiger partial charge is 0.306 e. The minimum Gasteiger partial charge on any atom is -0.466 e. The van der Waals surface area contributed by atoms with E-state index in [0.29, 0.717) is 19.7 Å². The number of fused-ring (bicyclic) bond motifs is 2. The number of ether oxygens (including phenoxy) is 1. The van der Waals surface area contributed by atoms with E-state index in [9.17, 15) is 9.59 Å². The van der Waals surface area contributed by atoms with Crippen LogP contribution in [0.2, 0.25) is 0 Å². The van der Waals surface area contributed by atoms with Gasteiger partial charge in [0.15, 0.2) is 0 Å². The van der Waals surface area contributed by atoms with Crippen molar-refractivity contribution in [3.8, 4) is 0 Å². The molecule has 0 radical (unpaired) electrons. The van der Waals surface area contributed by atoms with Gasteiger partial charge in [-0.25, -0.2) is 4.68 Å². The maximum absolute atomic E-state index is 13.9. The summed E-state index contributed by atoms with van der Waals surface area (Å²) in [6, 6.07) is 10.7. The molecule has 7 heteroatoms. The van der Waals surface area contributed by atoms with Crippen molar-refractivity contribution in [3.05, 3.63) is 91.5 Å². The van der Waals surface area contributed by atoms with Crippen LogP contribution in [0.4, 0.5) is 0 Å². The Hall–Kier alpha value is -4.00. The number of carbonyl (C=O) groups is 2. The molecular formula is C35H42N4O3. The molecule has 2 heterocycles. The third kappa shape index (κ3) is 5.21. The van der Waals surface area contributed by atoms with Gasteiger partial charge in [-0.1, -0.05) is 29.5 Å². The Labute approximate surface area is 248 Å². The normalized spacial score (nSPS) is 13.8. The van der Waals surface area contributed by atoms with Crippen LogP contribution in [0.1, 0.15) is 92.2 Å². The van der Waals surface area contributed by atoms with Crippen molar-refractivity contribution in [2.45, 2.75) is 87.2 Å². The van der Waals surface area contributed by atoms with Crippen molar-refractivity contribution < 1.29 is 14.3 Å². The number of hydrogen-bond donors (Lipinski definition) is 0. The Morgan fingerprint density at radius 1 is 0.929 bits per heavy atom. The molecule has 7 nitrogen and oxygen atoms in total. The van der Waals surface area contributed by atoms with Gasteiger partial charge in [0.05, 0.1) is 18.5 Å². The minimum absolute atomic E-state index is 0.0916. The van der Waals surface area contributed by atoms with E-state index in [1.54, 1.807) is 0 Å². The minimum atomic E-state index is -0.229. The lowest BCUT2D eigenvalue weighted by molar-refractivity contribution is -0.143. The third-order valence-corrected chi connectivity index (χ3v) is 9.18. The summed E-state index contributed by atoms with van der Waals surface area (Å²) >= 11 is 0. The van der Waals surface area contributed by atoms with Crippen LogP contribution < -0.4 is 0 Å². The molecule has 0 saturated heterocycles. The Morgan fingerprint density at radius 2 is 1.64 bits per heavy atom. The van der Waals surface area contributed by atoms with E-state index >= 15 is 0 Å². The van der Waals surface area contributed by atoms with Gasteiger partial charge in [-0.05, 0) is 124 Å². The molecule has 1 aromatic heterocycles. The molecule has 1 unspecified atom stereocenters. The summed E-state index contributed by atoms with van der Waals surface area (Å²) in [5.41, 5.74) is 13.8. The summed E-state index contributed by atoms with van der Waals surface area (Å²) in [4.78, 5) is 28.8. The van der Waals surface area contributed by atoms with Crippen LogP contribution >= 0.6 is 0 Å². The summed E-state index contributed by atoms with van der Waals surface area (Å²) in [6.07, 6.45) is 1.04. The quantitative estimate of drug-likeness (QED) is 0.236. The first-order valence-corrected chi connectivity index (χ1v) is 15.0. The molecule has 1 atom stereocenters. The maximum Gasteiger partial charge on any atom is 0.306 e. The van der Waals surface area contributed by atoms with Gasteiger partial charge in [0, 0.05) is 31.1 Å². The number of hydrogen-bond acceptors (Lipinski definition) is 5. The molecule has 4 aromatic rings. The van der Waals surface area contributed by atoms with Crippen LogP contribution in [0.3, 0.4) is 0 Å². The van der Waals surface area contributed by atoms with Gasteiger partial charge in [0.1, 0.15) is 5.52 Å². The summed E-state index contributed by atoms with van der Waals surface area (Å²) in [7, 11) is 0. The fourth-order valence-corrected chi connectivity index (χ4v) is 6.61. The lowest BCUT2D eigenvalue weighted by Gasteiger charge is -2.32. The topological polar surface area (TPSA) is 77.3 Å². The zero-order chi connectivity index (χ0) is 30.3. The first-order valence-electron chi connectivity index (χ1n) is 15.0. The van der Waals surface area contributed by atoms with Crippen molar-refractivity contribution in [1.29, 1.82) is 0 Å². The number of rotatable bonds is 7. The van der Waals surface area contributed by atoms with Crippen LogP contribution in [-0.2, 0) is 29.0 Å². The highest BCUT2D eigenvalue weighted by Gasteiger charge is 2.29. The predicted octanol–water partition coefficient (Wildman–Crippen LogP) is 6.59. The first kappa shape index (κ1) is 29.5. The van der Waals surface area contributed by atoms with Gasteiger partial charge >= 0.3 is 5.97 Å². The molecule has 1 aliphatic rings. The van der Waals surface area contributed by atoms with Crippen molar-refractivity contribution >= 4 is 22.9 Å². The summed E-state index contributed by atoms with van der Waals surface area (Å²) in [5, 5.41) is 8.79. The number of aryl methyl sites for hydroxylation is 5. The molecule has 1 amide bonds. The van der Waals surface area contributed by atoms with E-state index < -0.39 is 0 Å². The molecule has 5 rings (SSSR count). The van der Waals surface area contributed by atoms with Gasteiger partial charge in [-0.15, -0.1) is 5.10 Å². The summed E-state index contributed by atoms with van der Waals surface area (Å²) in [6.45, 7) is 18.6. The van der Waals surface area contributed by atoms with Gasteiger partial charge in [-0.3, -0.25) is 9.59 Å². The van der Waals surface area contributed by atoms with E-state index in [-0.39, 0.29) is 24.2 Å². The van der Waals surface area contributed by atoms with E-state index in [1.807, 2.05) is 37.3 Å². The van der Waals surface area contributed by atoms with Gasteiger partial charge in [0.2, 0.25) is 0 Å². The standard InChI is InChI=1S/C35H42N4O3/c1-9-39-31-12-11-29(25(8)34(31)36-37-39)30(18-32(40)42-10-2)26-16-22(5)28-13-14-38(19-27(28)17-26)35(41)33-23(6)20(3)15-21(4)24(33)7/h11-12,15-17,30H,9-10,13-14,18-19H2,1-8H3. The van der Waals surface area contributed by atoms with Crippen LogP contribution in [0.15, 0.2) is 30.3 Å². The summed E-state index contributed by atoms with van der Waals surface area (Å²) in [5.74, 6) is -0.347. The molecule has 0 aliphatic carbocycles. The highest BCUT2D eigenvalue weighted by molar-refractivity contribution is 5.98. The number of esters is 1. The lowest BCUT2D eigenvalue weighted by atomic mass is 9.82. The largest absolute Gasteiger partial charge is 0.466 e. The molecule has 0 fully saturated rings. The maximum atomic E-state index is 13.9. The van der Waals surface area contributed by atoms with Crippen LogP contribution in [0.5, 0.6) is 0 Å². The molecule has 0 spiro atoms. The molecular weight excluding hydrogens is 524 g/mol. The van der Waals surface area contributed by atoms with Gasteiger partial charge < -0.3 is 9.64 Å². The molecule has 0 bridgehead atoms. The van der Waals surface area contributed by atoms with Crippen molar-refractivity contribution in [3.63, 3.8) is 0 Å². The Balaban J connectivity index is 1.56. The molecule has 3 aromatic carbocycles. The Kier molecular flexibility index (Phi) is 8.22. The van der Waals surface area contributed by atoms with Gasteiger partial charge in [-0.2, -0.15) is 0 Å². The van der Waals surface area contributed by atoms with E-state index in [2.05, 4.69) is 68.3 Å². The molecule has 0 N–H and O–H groups in total. The van der Waals surface area contributed by atoms with Gasteiger partial charge in [0.25, 0.3) is 5.91 Å². The van der Waals surface area contributed by atoms with Crippen LogP contribution in [0.25, 0.3) is 11.0 Å². The second-order valence-electron chi connectivity index (χ2n) is 11.7. The average molecular weight is 567 g/mol. The fraction of sp³-hybridized carbons (Fsp3) is 0.429. The zero-order valence-corrected chi connectivity index (χ0v) is 26.2. The molecule has 42 heavy (non-hydrogen) atoms. The second-order valence-corrected chi connectivity index (χ2v) is 11.7. The van der Waals surface area contributed by atoms with E-state index in [4.69, 9.17) is 4.74 Å². The van der Waals surface area contributed by atoms with Crippen LogP contribution in [-0.4, -0.2) is 44.9 Å². The Bertz CT molecular complexity index is 1670. The first-order chi connectivity index (χ1) is 20.0. The fourth-order valence-electron chi connectivity index (χ4n) is 6.61. The van der Waals surface area contributed by atoms with Crippen molar-refractivity contribution in [1.82, 2.24) is 19.9 Å². The molecule has 0 saturated carbocycles. The van der Waals surface area contributed by atoms with Crippen molar-refractivity contribution in [2.24, 2.45) is 0 Å². The van der Waals surface area contributed by atoms with E-state index in [0.717, 1.165) is 74.1 Å². The van der Waals surface area contributed by atoms with Crippen LogP contribution in [0, 0.1) is 41.5 Å². The highest BCUT2D eigenvalue weighted by atomic mass is 16.5.